The van der Waals surface area contributed by atoms with Gasteiger partial charge in [-0.3, -0.25) is 19.2 Å². The molecule has 144 valence electrons. The summed E-state index contributed by atoms with van der Waals surface area (Å²) in [4.78, 5) is 37.2. The summed E-state index contributed by atoms with van der Waals surface area (Å²) < 4.78 is 2.25. The standard InChI is InChI=1S/C19H17ClN4O3S/c20-15-11-16-17(10-14(15)13-4-2-1-3-5-13)28-19(26)24(16)12-18(25)22-6-8-23(21-27)9-7-22/h1-5,10-11H,6-9,12H2. The molecule has 9 heteroatoms. The predicted octanol–water partition coefficient (Wildman–Crippen LogP) is 3.21. The SMILES string of the molecule is O=NN1CCN(C(=O)Cn2c(=O)sc3cc(-c4ccccc4)c(Cl)cc32)CC1. The number of nitrogens with zero attached hydrogens (tertiary/aromatic N) is 4. The molecule has 1 aliphatic heterocycles. The van der Waals surface area contributed by atoms with Crippen LogP contribution in [-0.2, 0) is 11.3 Å². The third-order valence-electron chi connectivity index (χ3n) is 4.86. The molecule has 1 aromatic heterocycles. The molecular weight excluding hydrogens is 400 g/mol. The van der Waals surface area contributed by atoms with E-state index in [1.807, 2.05) is 36.4 Å². The van der Waals surface area contributed by atoms with Crippen molar-refractivity contribution in [2.75, 3.05) is 26.2 Å². The van der Waals surface area contributed by atoms with Crippen molar-refractivity contribution in [1.29, 1.82) is 0 Å². The zero-order valence-corrected chi connectivity index (χ0v) is 16.4. The lowest BCUT2D eigenvalue weighted by atomic mass is 10.1. The lowest BCUT2D eigenvalue weighted by Crippen LogP contribution is -2.48. The zero-order chi connectivity index (χ0) is 19.7. The Morgan fingerprint density at radius 2 is 1.82 bits per heavy atom. The van der Waals surface area contributed by atoms with Crippen LogP contribution >= 0.6 is 22.9 Å². The molecule has 0 saturated carbocycles. The number of nitroso groups, excluding NO2 is 1. The minimum absolute atomic E-state index is 0.0473. The Balaban J connectivity index is 1.62. The maximum absolute atomic E-state index is 12.6. The van der Waals surface area contributed by atoms with Gasteiger partial charge in [0.05, 0.1) is 33.6 Å². The highest BCUT2D eigenvalue weighted by molar-refractivity contribution is 7.16. The van der Waals surface area contributed by atoms with Gasteiger partial charge in [0.15, 0.2) is 0 Å². The van der Waals surface area contributed by atoms with Crippen LogP contribution in [0.15, 0.2) is 52.5 Å². The monoisotopic (exact) mass is 416 g/mol. The second-order valence-electron chi connectivity index (χ2n) is 6.54. The zero-order valence-electron chi connectivity index (χ0n) is 14.9. The smallest absolute Gasteiger partial charge is 0.308 e. The van der Waals surface area contributed by atoms with E-state index in [1.165, 1.54) is 9.58 Å². The molecule has 7 nitrogen and oxygen atoms in total. The van der Waals surface area contributed by atoms with Gasteiger partial charge in [0, 0.05) is 18.7 Å². The number of amides is 1. The molecule has 3 aromatic rings. The Morgan fingerprint density at radius 3 is 2.50 bits per heavy atom. The molecular formula is C19H17ClN4O3S. The summed E-state index contributed by atoms with van der Waals surface area (Å²) >= 11 is 7.59. The van der Waals surface area contributed by atoms with Crippen molar-refractivity contribution in [3.63, 3.8) is 0 Å². The van der Waals surface area contributed by atoms with E-state index in [9.17, 15) is 14.5 Å². The number of halogens is 1. The number of aromatic nitrogens is 1. The molecule has 1 fully saturated rings. The number of fused-ring (bicyclic) bond motifs is 1. The van der Waals surface area contributed by atoms with Crippen molar-refractivity contribution in [1.82, 2.24) is 14.5 Å². The lowest BCUT2D eigenvalue weighted by molar-refractivity contribution is -0.133. The average Bonchev–Trinajstić information content (AvgIpc) is 3.02. The summed E-state index contributed by atoms with van der Waals surface area (Å²) in [6.07, 6.45) is 0. The molecule has 0 N–H and O–H groups in total. The number of hydrogen-bond donors (Lipinski definition) is 0. The van der Waals surface area contributed by atoms with E-state index in [2.05, 4.69) is 5.29 Å². The normalized spacial score (nSPS) is 14.5. The minimum Gasteiger partial charge on any atom is -0.337 e. The fourth-order valence-corrected chi connectivity index (χ4v) is 4.51. The fourth-order valence-electron chi connectivity index (χ4n) is 3.33. The second-order valence-corrected chi connectivity index (χ2v) is 7.94. The van der Waals surface area contributed by atoms with Crippen molar-refractivity contribution in [2.45, 2.75) is 6.54 Å². The first-order valence-corrected chi connectivity index (χ1v) is 10.0. The number of hydrogen-bond acceptors (Lipinski definition) is 5. The quantitative estimate of drug-likeness (QED) is 0.612. The predicted molar refractivity (Wildman–Crippen MR) is 110 cm³/mol. The summed E-state index contributed by atoms with van der Waals surface area (Å²) in [7, 11) is 0. The molecule has 0 spiro atoms. The molecule has 0 atom stereocenters. The maximum Gasteiger partial charge on any atom is 0.308 e. The van der Waals surface area contributed by atoms with Crippen LogP contribution in [0.1, 0.15) is 0 Å². The van der Waals surface area contributed by atoms with Crippen molar-refractivity contribution in [2.24, 2.45) is 5.29 Å². The van der Waals surface area contributed by atoms with Gasteiger partial charge in [0.1, 0.15) is 6.54 Å². The maximum atomic E-state index is 12.6. The van der Waals surface area contributed by atoms with Crippen LogP contribution in [-0.4, -0.2) is 46.6 Å². The molecule has 1 saturated heterocycles. The van der Waals surface area contributed by atoms with Gasteiger partial charge in [0.2, 0.25) is 5.91 Å². The fraction of sp³-hybridized carbons (Fsp3) is 0.263. The highest BCUT2D eigenvalue weighted by Gasteiger charge is 2.22. The van der Waals surface area contributed by atoms with Gasteiger partial charge in [-0.1, -0.05) is 53.3 Å². The minimum atomic E-state index is -0.196. The highest BCUT2D eigenvalue weighted by atomic mass is 35.5. The van der Waals surface area contributed by atoms with Crippen LogP contribution in [0.25, 0.3) is 21.3 Å². The van der Waals surface area contributed by atoms with E-state index in [1.54, 1.807) is 11.0 Å². The first kappa shape index (κ1) is 18.6. The summed E-state index contributed by atoms with van der Waals surface area (Å²) in [5, 5.41) is 4.81. The highest BCUT2D eigenvalue weighted by Crippen LogP contribution is 2.33. The van der Waals surface area contributed by atoms with Gasteiger partial charge in [-0.2, -0.15) is 0 Å². The second kappa shape index (κ2) is 7.73. The molecule has 0 bridgehead atoms. The molecule has 2 heterocycles. The summed E-state index contributed by atoms with van der Waals surface area (Å²) in [6, 6.07) is 13.4. The summed E-state index contributed by atoms with van der Waals surface area (Å²) in [5.41, 5.74) is 2.48. The number of carbonyl (C=O) groups excluding carboxylic acids is 1. The number of thiazole rings is 1. The van der Waals surface area contributed by atoms with Gasteiger partial charge in [-0.15, -0.1) is 4.91 Å². The molecule has 0 radical (unpaired) electrons. The molecule has 1 amide bonds. The van der Waals surface area contributed by atoms with E-state index in [4.69, 9.17) is 11.6 Å². The van der Waals surface area contributed by atoms with Crippen molar-refractivity contribution < 1.29 is 4.79 Å². The lowest BCUT2D eigenvalue weighted by Gasteiger charge is -2.31. The van der Waals surface area contributed by atoms with Gasteiger partial charge >= 0.3 is 4.87 Å². The van der Waals surface area contributed by atoms with E-state index in [0.29, 0.717) is 36.7 Å². The molecule has 1 aliphatic rings. The number of rotatable bonds is 4. The summed E-state index contributed by atoms with van der Waals surface area (Å²) in [5.74, 6) is -0.157. The third-order valence-corrected chi connectivity index (χ3v) is 6.11. The largest absolute Gasteiger partial charge is 0.337 e. The Hall–Kier alpha value is -2.71. The van der Waals surface area contributed by atoms with Gasteiger partial charge < -0.3 is 4.90 Å². The Bertz CT molecular complexity index is 1090. The van der Waals surface area contributed by atoms with Crippen molar-refractivity contribution in [3.8, 4) is 11.1 Å². The van der Waals surface area contributed by atoms with Crippen LogP contribution in [0.3, 0.4) is 0 Å². The van der Waals surface area contributed by atoms with Crippen LogP contribution in [0.2, 0.25) is 5.02 Å². The van der Waals surface area contributed by atoms with Crippen molar-refractivity contribution in [3.05, 3.63) is 62.1 Å². The number of carbonyl (C=O) groups is 1. The first-order valence-electron chi connectivity index (χ1n) is 8.81. The topological polar surface area (TPSA) is 75.0 Å². The number of benzene rings is 2. The van der Waals surface area contributed by atoms with Crippen LogP contribution in [0.4, 0.5) is 0 Å². The summed E-state index contributed by atoms with van der Waals surface area (Å²) in [6.45, 7) is 1.59. The van der Waals surface area contributed by atoms with Crippen molar-refractivity contribution >= 4 is 39.1 Å². The van der Waals surface area contributed by atoms with Gasteiger partial charge in [-0.05, 0) is 17.7 Å². The van der Waals surface area contributed by atoms with Gasteiger partial charge in [-0.25, -0.2) is 0 Å². The molecule has 2 aromatic carbocycles. The molecule has 0 aliphatic carbocycles. The Kier molecular flexibility index (Phi) is 5.15. The average molecular weight is 417 g/mol. The molecule has 4 rings (SSSR count). The van der Waals surface area contributed by atoms with E-state index >= 15 is 0 Å². The number of piperazine rings is 1. The van der Waals surface area contributed by atoms with Crippen LogP contribution < -0.4 is 4.87 Å². The first-order chi connectivity index (χ1) is 13.6. The molecule has 0 unspecified atom stereocenters. The molecule has 28 heavy (non-hydrogen) atoms. The van der Waals surface area contributed by atoms with E-state index in [0.717, 1.165) is 27.2 Å². The van der Waals surface area contributed by atoms with E-state index < -0.39 is 0 Å². The van der Waals surface area contributed by atoms with Gasteiger partial charge in [0.25, 0.3) is 0 Å². The third kappa shape index (κ3) is 3.53. The van der Waals surface area contributed by atoms with E-state index in [-0.39, 0.29) is 17.3 Å². The van der Waals surface area contributed by atoms with Crippen LogP contribution in [0, 0.1) is 4.91 Å². The Morgan fingerprint density at radius 1 is 1.11 bits per heavy atom. The van der Waals surface area contributed by atoms with Crippen LogP contribution in [0.5, 0.6) is 0 Å². The Labute approximate surface area is 169 Å².